The normalized spacial score (nSPS) is 13.9. The highest BCUT2D eigenvalue weighted by Gasteiger charge is 2.26. The van der Waals surface area contributed by atoms with Crippen LogP contribution >= 0.6 is 11.3 Å². The number of nitrogens with one attached hydrogen (secondary N) is 2. The van der Waals surface area contributed by atoms with Crippen LogP contribution in [0.25, 0.3) is 18.5 Å². The molecule has 2 aromatic heterocycles. The van der Waals surface area contributed by atoms with Crippen molar-refractivity contribution in [3.8, 4) is 5.69 Å². The van der Waals surface area contributed by atoms with Crippen LogP contribution < -0.4 is 21.4 Å². The summed E-state index contributed by atoms with van der Waals surface area (Å²) in [6.07, 6.45) is 5.68. The van der Waals surface area contributed by atoms with Crippen molar-refractivity contribution in [2.45, 2.75) is 39.5 Å². The number of nitrogens with zero attached hydrogens (tertiary/aromatic N) is 1. The fourth-order valence-electron chi connectivity index (χ4n) is 3.74. The highest BCUT2D eigenvalue weighted by Crippen LogP contribution is 2.38. The number of carbonyl (C=O) groups is 1. The first kappa shape index (κ1) is 20.2. The SMILES string of the molecule is C=c1[nH]n(-c2ccc(C)cc2)c(=O)/c1=C\Nc1sc2c(c1C(=O)OCC)CCCC2. The fraction of sp³-hybridized carbons (Fsp3) is 0.304. The smallest absolute Gasteiger partial charge is 0.341 e. The summed E-state index contributed by atoms with van der Waals surface area (Å²) in [6.45, 7) is 8.10. The van der Waals surface area contributed by atoms with Gasteiger partial charge < -0.3 is 10.1 Å². The Morgan fingerprint density at radius 1 is 1.30 bits per heavy atom. The number of anilines is 1. The molecule has 0 amide bonds. The molecule has 0 unspecified atom stereocenters. The third-order valence-electron chi connectivity index (χ3n) is 5.30. The highest BCUT2D eigenvalue weighted by molar-refractivity contribution is 7.16. The van der Waals surface area contributed by atoms with Crippen molar-refractivity contribution in [2.75, 3.05) is 11.9 Å². The number of rotatable bonds is 5. The Kier molecular flexibility index (Phi) is 5.63. The second-order valence-corrected chi connectivity index (χ2v) is 8.51. The number of thiophene rings is 1. The van der Waals surface area contributed by atoms with E-state index < -0.39 is 0 Å². The minimum atomic E-state index is -0.311. The molecule has 0 bridgehead atoms. The third-order valence-corrected chi connectivity index (χ3v) is 6.52. The minimum absolute atomic E-state index is 0.199. The summed E-state index contributed by atoms with van der Waals surface area (Å²) in [5.74, 6) is -0.311. The van der Waals surface area contributed by atoms with Gasteiger partial charge in [-0.3, -0.25) is 9.89 Å². The van der Waals surface area contributed by atoms with Gasteiger partial charge in [0.2, 0.25) is 0 Å². The first-order chi connectivity index (χ1) is 14.5. The zero-order chi connectivity index (χ0) is 21.3. The monoisotopic (exact) mass is 423 g/mol. The lowest BCUT2D eigenvalue weighted by atomic mass is 9.95. The van der Waals surface area contributed by atoms with Gasteiger partial charge in [-0.25, -0.2) is 9.48 Å². The van der Waals surface area contributed by atoms with Gasteiger partial charge in [0.15, 0.2) is 0 Å². The van der Waals surface area contributed by atoms with E-state index in [2.05, 4.69) is 17.0 Å². The van der Waals surface area contributed by atoms with Gasteiger partial charge in [-0.05, 0) is 57.2 Å². The lowest BCUT2D eigenvalue weighted by molar-refractivity contribution is 0.0526. The van der Waals surface area contributed by atoms with E-state index in [1.165, 1.54) is 9.56 Å². The number of hydrogen-bond donors (Lipinski definition) is 2. The topological polar surface area (TPSA) is 76.1 Å². The van der Waals surface area contributed by atoms with Gasteiger partial charge in [-0.1, -0.05) is 24.3 Å². The quantitative estimate of drug-likeness (QED) is 0.619. The molecule has 0 aliphatic heterocycles. The fourth-order valence-corrected chi connectivity index (χ4v) is 4.99. The van der Waals surface area contributed by atoms with Gasteiger partial charge >= 0.3 is 5.97 Å². The minimum Gasteiger partial charge on any atom is -0.462 e. The van der Waals surface area contributed by atoms with E-state index in [-0.39, 0.29) is 11.5 Å². The van der Waals surface area contributed by atoms with E-state index in [9.17, 15) is 9.59 Å². The first-order valence-corrected chi connectivity index (χ1v) is 11.0. The Bertz CT molecular complexity index is 1250. The van der Waals surface area contributed by atoms with E-state index in [0.717, 1.165) is 47.5 Å². The number of aromatic nitrogens is 2. The van der Waals surface area contributed by atoms with Crippen LogP contribution in [0.2, 0.25) is 0 Å². The number of carbonyl (C=O) groups excluding carboxylic acids is 1. The molecule has 1 aliphatic carbocycles. The van der Waals surface area contributed by atoms with Crippen LogP contribution in [-0.4, -0.2) is 22.4 Å². The van der Waals surface area contributed by atoms with Gasteiger partial charge in [-0.2, -0.15) is 0 Å². The van der Waals surface area contributed by atoms with Crippen LogP contribution in [0.3, 0.4) is 0 Å². The molecular weight excluding hydrogens is 398 g/mol. The largest absolute Gasteiger partial charge is 0.462 e. The predicted molar refractivity (Wildman–Crippen MR) is 121 cm³/mol. The van der Waals surface area contributed by atoms with E-state index in [1.807, 2.05) is 31.2 Å². The summed E-state index contributed by atoms with van der Waals surface area (Å²) in [4.78, 5) is 26.8. The molecule has 0 saturated heterocycles. The molecule has 0 radical (unpaired) electrons. The molecule has 0 atom stereocenters. The number of H-pyrrole nitrogens is 1. The van der Waals surface area contributed by atoms with Gasteiger partial charge in [0.1, 0.15) is 5.00 Å². The highest BCUT2D eigenvalue weighted by atomic mass is 32.1. The van der Waals surface area contributed by atoms with Crippen molar-refractivity contribution in [3.63, 3.8) is 0 Å². The van der Waals surface area contributed by atoms with Crippen molar-refractivity contribution in [2.24, 2.45) is 0 Å². The molecule has 1 aromatic carbocycles. The lowest BCUT2D eigenvalue weighted by Gasteiger charge is -2.12. The van der Waals surface area contributed by atoms with Crippen LogP contribution in [0.15, 0.2) is 29.1 Å². The number of aryl methyl sites for hydroxylation is 2. The van der Waals surface area contributed by atoms with Crippen molar-refractivity contribution in [3.05, 3.63) is 66.8 Å². The Morgan fingerprint density at radius 2 is 2.03 bits per heavy atom. The zero-order valence-corrected chi connectivity index (χ0v) is 18.0. The molecule has 4 rings (SSSR count). The van der Waals surface area contributed by atoms with Crippen LogP contribution in [0, 0.1) is 6.92 Å². The number of fused-ring (bicyclic) bond motifs is 1. The average Bonchev–Trinajstić information content (AvgIpc) is 3.24. The van der Waals surface area contributed by atoms with E-state index in [4.69, 9.17) is 4.74 Å². The maximum atomic E-state index is 12.9. The second-order valence-electron chi connectivity index (χ2n) is 7.40. The Morgan fingerprint density at radius 3 is 2.77 bits per heavy atom. The molecule has 2 heterocycles. The molecule has 6 nitrogen and oxygen atoms in total. The van der Waals surface area contributed by atoms with Crippen molar-refractivity contribution in [1.82, 2.24) is 9.78 Å². The number of benzene rings is 1. The van der Waals surface area contributed by atoms with Crippen molar-refractivity contribution >= 4 is 35.1 Å². The summed E-state index contributed by atoms with van der Waals surface area (Å²) >= 11 is 1.57. The van der Waals surface area contributed by atoms with Crippen LogP contribution in [0.4, 0.5) is 5.00 Å². The Labute approximate surface area is 178 Å². The van der Waals surface area contributed by atoms with Gasteiger partial charge in [0.25, 0.3) is 5.56 Å². The average molecular weight is 424 g/mol. The van der Waals surface area contributed by atoms with Crippen molar-refractivity contribution < 1.29 is 9.53 Å². The maximum absolute atomic E-state index is 12.9. The summed E-state index contributed by atoms with van der Waals surface area (Å²) in [7, 11) is 0. The summed E-state index contributed by atoms with van der Waals surface area (Å²) in [5.41, 5.74) is 3.36. The van der Waals surface area contributed by atoms with E-state index in [0.29, 0.717) is 22.7 Å². The zero-order valence-electron chi connectivity index (χ0n) is 17.2. The first-order valence-electron chi connectivity index (χ1n) is 10.1. The molecule has 0 spiro atoms. The summed E-state index contributed by atoms with van der Waals surface area (Å²) < 4.78 is 6.77. The van der Waals surface area contributed by atoms with E-state index >= 15 is 0 Å². The van der Waals surface area contributed by atoms with Crippen molar-refractivity contribution in [1.29, 1.82) is 0 Å². The number of esters is 1. The standard InChI is InChI=1S/C23H25N3O3S/c1-4-29-23(28)20-17-7-5-6-8-19(17)30-21(20)24-13-18-15(3)25-26(22(18)27)16-11-9-14(2)10-12-16/h9-13,24-25H,3-8H2,1-2H3/b18-13-. The molecule has 7 heteroatoms. The molecule has 0 fully saturated rings. The van der Waals surface area contributed by atoms with Crippen LogP contribution in [-0.2, 0) is 17.6 Å². The molecule has 30 heavy (non-hydrogen) atoms. The Balaban J connectivity index is 1.74. The number of aromatic amines is 1. The summed E-state index contributed by atoms with van der Waals surface area (Å²) in [6, 6.07) is 7.68. The molecule has 0 saturated carbocycles. The van der Waals surface area contributed by atoms with Gasteiger partial charge in [0, 0.05) is 11.1 Å². The predicted octanol–water partition coefficient (Wildman–Crippen LogP) is 2.85. The third kappa shape index (κ3) is 3.73. The molecule has 1 aliphatic rings. The second kappa shape index (κ2) is 8.36. The van der Waals surface area contributed by atoms with Gasteiger partial charge in [-0.15, -0.1) is 11.3 Å². The van der Waals surface area contributed by atoms with Crippen LogP contribution in [0.5, 0.6) is 0 Å². The Hall–Kier alpha value is -3.06. The van der Waals surface area contributed by atoms with Gasteiger partial charge in [0.05, 0.1) is 28.4 Å². The van der Waals surface area contributed by atoms with Crippen LogP contribution in [0.1, 0.15) is 46.1 Å². The maximum Gasteiger partial charge on any atom is 0.341 e. The summed E-state index contributed by atoms with van der Waals surface area (Å²) in [5, 5.41) is 7.88. The number of ether oxygens (including phenoxy) is 1. The molecule has 3 aromatic rings. The number of hydrogen-bond acceptors (Lipinski definition) is 5. The molecular formula is C23H25N3O3S. The molecule has 2 N–H and O–H groups in total. The van der Waals surface area contributed by atoms with E-state index in [1.54, 1.807) is 24.5 Å². The molecule has 156 valence electrons. The lowest BCUT2D eigenvalue weighted by Crippen LogP contribution is -2.34.